The van der Waals surface area contributed by atoms with Crippen LogP contribution in [0.3, 0.4) is 0 Å². The molecule has 0 unspecified atom stereocenters. The molecule has 10 rings (SSSR count). The predicted octanol–water partition coefficient (Wildman–Crippen LogP) is 12.4. The topological polar surface area (TPSA) is 64.7 Å². The average molecular weight is 685 g/mol. The van der Waals surface area contributed by atoms with Crippen LogP contribution in [-0.2, 0) is 0 Å². The highest BCUT2D eigenvalue weighted by Gasteiger charge is 2.21. The summed E-state index contributed by atoms with van der Waals surface area (Å²) in [6.45, 7) is 0. The highest BCUT2D eigenvalue weighted by Crippen LogP contribution is 2.43. The second kappa shape index (κ2) is 12.5. The van der Waals surface area contributed by atoms with Crippen LogP contribution in [0.4, 0.5) is 0 Å². The van der Waals surface area contributed by atoms with Gasteiger partial charge >= 0.3 is 0 Å². The van der Waals surface area contributed by atoms with E-state index in [1.165, 1.54) is 0 Å². The molecule has 0 atom stereocenters. The lowest BCUT2D eigenvalue weighted by atomic mass is 10.0. The number of hydrogen-bond donors (Lipinski definition) is 0. The quantitative estimate of drug-likeness (QED) is 0.174. The number of rotatable bonds is 6. The van der Waals surface area contributed by atoms with E-state index in [4.69, 9.17) is 24.4 Å². The molecule has 6 heteroatoms. The van der Waals surface area contributed by atoms with Crippen LogP contribution < -0.4 is 0 Å². The molecule has 0 bridgehead atoms. The SMILES string of the molecule is c1ccc(-c2ccc(-c3nc(-c4ccc(-c5ccccc5)cc4)nc(-c4cccc5oc6cccc(-c7nc8ccccc8s7)c6c45)n3)cc2)cc1. The number of nitrogens with zero attached hydrogens (tertiary/aromatic N) is 4. The van der Waals surface area contributed by atoms with Crippen LogP contribution in [0.25, 0.3) is 99.1 Å². The molecule has 0 saturated carbocycles. The first-order valence-electron chi connectivity index (χ1n) is 17.1. The van der Waals surface area contributed by atoms with Gasteiger partial charge in [0.1, 0.15) is 16.2 Å². The predicted molar refractivity (Wildman–Crippen MR) is 213 cm³/mol. The standard InChI is InChI=1S/C46H28N4OS/c1-3-11-29(12-4-1)31-21-25-33(26-22-31)43-48-44(34-27-23-32(24-28-34)30-13-5-2-6-14-30)50-45(49-43)35-15-9-18-38-41(35)42-36(16-10-19-39(42)51-38)46-47-37-17-7-8-20-40(37)52-46/h1-28H. The molecular formula is C46H28N4OS. The van der Waals surface area contributed by atoms with E-state index >= 15 is 0 Å². The van der Waals surface area contributed by atoms with E-state index in [-0.39, 0.29) is 0 Å². The number of hydrogen-bond acceptors (Lipinski definition) is 6. The summed E-state index contributed by atoms with van der Waals surface area (Å²) in [7, 11) is 0. The Morgan fingerprint density at radius 3 is 1.38 bits per heavy atom. The van der Waals surface area contributed by atoms with E-state index in [9.17, 15) is 0 Å². The van der Waals surface area contributed by atoms with Crippen molar-refractivity contribution in [2.24, 2.45) is 0 Å². The molecule has 0 aliphatic rings. The van der Waals surface area contributed by atoms with Gasteiger partial charge in [-0.3, -0.25) is 0 Å². The third-order valence-electron chi connectivity index (χ3n) is 9.42. The fraction of sp³-hybridized carbons (Fsp3) is 0. The minimum atomic E-state index is 0.576. The zero-order chi connectivity index (χ0) is 34.4. The number of furan rings is 1. The van der Waals surface area contributed by atoms with Crippen molar-refractivity contribution in [3.05, 3.63) is 170 Å². The molecule has 52 heavy (non-hydrogen) atoms. The van der Waals surface area contributed by atoms with E-state index in [1.807, 2.05) is 42.5 Å². The minimum Gasteiger partial charge on any atom is -0.456 e. The Kier molecular flexibility index (Phi) is 7.25. The molecule has 10 aromatic rings. The van der Waals surface area contributed by atoms with E-state index in [2.05, 4.69) is 127 Å². The highest BCUT2D eigenvalue weighted by molar-refractivity contribution is 7.21. The Morgan fingerprint density at radius 2 is 0.808 bits per heavy atom. The molecule has 5 nitrogen and oxygen atoms in total. The van der Waals surface area contributed by atoms with Gasteiger partial charge in [-0.15, -0.1) is 11.3 Å². The third-order valence-corrected chi connectivity index (χ3v) is 10.5. The van der Waals surface area contributed by atoms with Gasteiger partial charge in [0.15, 0.2) is 17.5 Å². The maximum Gasteiger partial charge on any atom is 0.164 e. The number of thiazole rings is 1. The van der Waals surface area contributed by atoms with Crippen LogP contribution in [0.1, 0.15) is 0 Å². The number of fused-ring (bicyclic) bond motifs is 4. The van der Waals surface area contributed by atoms with Crippen LogP contribution >= 0.6 is 11.3 Å². The van der Waals surface area contributed by atoms with E-state index in [0.717, 1.165) is 81.7 Å². The number of benzene rings is 7. The summed E-state index contributed by atoms with van der Waals surface area (Å²) in [4.78, 5) is 20.4. The van der Waals surface area contributed by atoms with Crippen LogP contribution in [0.2, 0.25) is 0 Å². The van der Waals surface area contributed by atoms with Crippen molar-refractivity contribution < 1.29 is 4.42 Å². The number of aromatic nitrogens is 4. The average Bonchev–Trinajstić information content (AvgIpc) is 3.84. The second-order valence-corrected chi connectivity index (χ2v) is 13.7. The second-order valence-electron chi connectivity index (χ2n) is 12.6. The molecule has 0 spiro atoms. The molecule has 0 radical (unpaired) electrons. The molecule has 7 aromatic carbocycles. The zero-order valence-electron chi connectivity index (χ0n) is 27.8. The van der Waals surface area contributed by atoms with Gasteiger partial charge in [-0.2, -0.15) is 0 Å². The fourth-order valence-electron chi connectivity index (χ4n) is 6.86. The summed E-state index contributed by atoms with van der Waals surface area (Å²) in [6, 6.07) is 58.1. The smallest absolute Gasteiger partial charge is 0.164 e. The first-order valence-corrected chi connectivity index (χ1v) is 18.0. The Balaban J connectivity index is 1.16. The summed E-state index contributed by atoms with van der Waals surface area (Å²) in [6.07, 6.45) is 0. The van der Waals surface area contributed by atoms with Gasteiger partial charge in [0.25, 0.3) is 0 Å². The van der Waals surface area contributed by atoms with Crippen molar-refractivity contribution in [2.45, 2.75) is 0 Å². The first kappa shape index (κ1) is 30.1. The molecule has 244 valence electrons. The molecular weight excluding hydrogens is 657 g/mol. The summed E-state index contributed by atoms with van der Waals surface area (Å²) in [5.41, 5.74) is 10.8. The monoisotopic (exact) mass is 684 g/mol. The van der Waals surface area contributed by atoms with Gasteiger partial charge in [0, 0.05) is 33.0 Å². The van der Waals surface area contributed by atoms with Crippen molar-refractivity contribution in [1.82, 2.24) is 19.9 Å². The van der Waals surface area contributed by atoms with Gasteiger partial charge in [-0.1, -0.05) is 146 Å². The van der Waals surface area contributed by atoms with Crippen molar-refractivity contribution in [2.75, 3.05) is 0 Å². The molecule has 0 fully saturated rings. The molecule has 0 amide bonds. The van der Waals surface area contributed by atoms with Crippen LogP contribution in [-0.4, -0.2) is 19.9 Å². The first-order chi connectivity index (χ1) is 25.7. The normalized spacial score (nSPS) is 11.5. The van der Waals surface area contributed by atoms with Gasteiger partial charge in [0.05, 0.1) is 10.2 Å². The van der Waals surface area contributed by atoms with Crippen molar-refractivity contribution >= 4 is 43.5 Å². The molecule has 0 N–H and O–H groups in total. The van der Waals surface area contributed by atoms with E-state index in [0.29, 0.717) is 17.5 Å². The Hall–Kier alpha value is -6.76. The fourth-order valence-corrected chi connectivity index (χ4v) is 7.86. The van der Waals surface area contributed by atoms with Crippen molar-refractivity contribution in [3.8, 4) is 67.0 Å². The number of para-hydroxylation sites is 1. The van der Waals surface area contributed by atoms with E-state index < -0.39 is 0 Å². The lowest BCUT2D eigenvalue weighted by molar-refractivity contribution is 0.669. The van der Waals surface area contributed by atoms with Crippen molar-refractivity contribution in [1.29, 1.82) is 0 Å². The van der Waals surface area contributed by atoms with Crippen LogP contribution in [0, 0.1) is 0 Å². The van der Waals surface area contributed by atoms with Crippen LogP contribution in [0.15, 0.2) is 174 Å². The highest BCUT2D eigenvalue weighted by atomic mass is 32.1. The largest absolute Gasteiger partial charge is 0.456 e. The Morgan fingerprint density at radius 1 is 0.346 bits per heavy atom. The molecule has 3 heterocycles. The summed E-state index contributed by atoms with van der Waals surface area (Å²) < 4.78 is 7.64. The van der Waals surface area contributed by atoms with Gasteiger partial charge in [0.2, 0.25) is 0 Å². The molecule has 3 aromatic heterocycles. The third kappa shape index (κ3) is 5.34. The van der Waals surface area contributed by atoms with E-state index in [1.54, 1.807) is 11.3 Å². The molecule has 0 saturated heterocycles. The molecule has 0 aliphatic carbocycles. The zero-order valence-corrected chi connectivity index (χ0v) is 28.6. The lowest BCUT2D eigenvalue weighted by Gasteiger charge is -2.11. The summed E-state index contributed by atoms with van der Waals surface area (Å²) in [5, 5.41) is 2.89. The Bertz CT molecular complexity index is 2750. The summed E-state index contributed by atoms with van der Waals surface area (Å²) >= 11 is 1.68. The van der Waals surface area contributed by atoms with Gasteiger partial charge in [-0.25, -0.2) is 19.9 Å². The van der Waals surface area contributed by atoms with Crippen LogP contribution in [0.5, 0.6) is 0 Å². The van der Waals surface area contributed by atoms with Gasteiger partial charge < -0.3 is 4.42 Å². The maximum absolute atomic E-state index is 6.50. The summed E-state index contributed by atoms with van der Waals surface area (Å²) in [5.74, 6) is 1.78. The minimum absolute atomic E-state index is 0.576. The Labute approximate surface area is 303 Å². The lowest BCUT2D eigenvalue weighted by Crippen LogP contribution is -2.00. The van der Waals surface area contributed by atoms with Crippen molar-refractivity contribution in [3.63, 3.8) is 0 Å². The van der Waals surface area contributed by atoms with Gasteiger partial charge in [-0.05, 0) is 46.5 Å². The molecule has 0 aliphatic heterocycles. The maximum atomic E-state index is 6.50.